The van der Waals surface area contributed by atoms with Gasteiger partial charge in [-0.1, -0.05) is 29.8 Å². The van der Waals surface area contributed by atoms with Crippen LogP contribution in [0.3, 0.4) is 0 Å². The number of halogens is 1. The number of rotatable bonds is 4. The SMILES string of the molecule is COC(=O)C1=C(C)N(c2ccc(C(=O)O)cc2)C(=O)N[C@@H]1c1ccccc1Cl. The van der Waals surface area contributed by atoms with Gasteiger partial charge in [0.2, 0.25) is 0 Å². The van der Waals surface area contributed by atoms with Crippen molar-refractivity contribution < 1.29 is 24.2 Å². The maximum atomic E-state index is 12.8. The van der Waals surface area contributed by atoms with E-state index in [1.807, 2.05) is 0 Å². The van der Waals surface area contributed by atoms with Gasteiger partial charge in [0.25, 0.3) is 0 Å². The molecule has 1 atom stereocenters. The van der Waals surface area contributed by atoms with Gasteiger partial charge in [-0.3, -0.25) is 4.90 Å². The lowest BCUT2D eigenvalue weighted by molar-refractivity contribution is -0.136. The Kier molecular flexibility index (Phi) is 5.37. The van der Waals surface area contributed by atoms with Crippen LogP contribution in [-0.4, -0.2) is 30.2 Å². The highest BCUT2D eigenvalue weighted by molar-refractivity contribution is 6.31. The summed E-state index contributed by atoms with van der Waals surface area (Å²) in [5.41, 5.74) is 1.67. The van der Waals surface area contributed by atoms with Gasteiger partial charge in [-0.05, 0) is 42.8 Å². The minimum absolute atomic E-state index is 0.0879. The number of methoxy groups -OCH3 is 1. The lowest BCUT2D eigenvalue weighted by atomic mass is 9.94. The maximum Gasteiger partial charge on any atom is 0.337 e. The number of carboxylic acid groups (broad SMARTS) is 1. The minimum Gasteiger partial charge on any atom is -0.478 e. The van der Waals surface area contributed by atoms with E-state index in [0.717, 1.165) is 0 Å². The Labute approximate surface area is 166 Å². The predicted molar refractivity (Wildman–Crippen MR) is 103 cm³/mol. The Hall–Kier alpha value is -3.32. The average Bonchev–Trinajstić information content (AvgIpc) is 2.68. The quantitative estimate of drug-likeness (QED) is 0.762. The predicted octanol–water partition coefficient (Wildman–Crippen LogP) is 3.76. The molecular weight excluding hydrogens is 384 g/mol. The molecule has 28 heavy (non-hydrogen) atoms. The first-order valence-electron chi connectivity index (χ1n) is 8.32. The molecule has 0 unspecified atom stereocenters. The van der Waals surface area contributed by atoms with Crippen molar-refractivity contribution in [2.75, 3.05) is 12.0 Å². The highest BCUT2D eigenvalue weighted by Gasteiger charge is 2.37. The number of carbonyl (C=O) groups is 3. The number of allylic oxidation sites excluding steroid dienone is 1. The fourth-order valence-corrected chi connectivity index (χ4v) is 3.37. The molecule has 0 fully saturated rings. The highest BCUT2D eigenvalue weighted by Crippen LogP contribution is 2.36. The zero-order chi connectivity index (χ0) is 20.4. The van der Waals surface area contributed by atoms with Crippen LogP contribution in [-0.2, 0) is 9.53 Å². The van der Waals surface area contributed by atoms with Crippen LogP contribution in [0.4, 0.5) is 10.5 Å². The molecule has 8 heteroatoms. The van der Waals surface area contributed by atoms with Crippen LogP contribution in [0.1, 0.15) is 28.9 Å². The number of anilines is 1. The van der Waals surface area contributed by atoms with E-state index in [1.165, 1.54) is 36.3 Å². The summed E-state index contributed by atoms with van der Waals surface area (Å²) in [4.78, 5) is 37.7. The average molecular weight is 401 g/mol. The molecule has 2 amide bonds. The number of nitrogens with zero attached hydrogens (tertiary/aromatic N) is 1. The van der Waals surface area contributed by atoms with Gasteiger partial charge in [0, 0.05) is 10.7 Å². The van der Waals surface area contributed by atoms with Crippen molar-refractivity contribution in [2.24, 2.45) is 0 Å². The van der Waals surface area contributed by atoms with Gasteiger partial charge in [0.05, 0.1) is 30.0 Å². The fourth-order valence-electron chi connectivity index (χ4n) is 3.12. The van der Waals surface area contributed by atoms with Gasteiger partial charge in [-0.15, -0.1) is 0 Å². The molecular formula is C20H17ClN2O5. The number of benzene rings is 2. The molecule has 1 aliphatic rings. The summed E-state index contributed by atoms with van der Waals surface area (Å²) in [7, 11) is 1.26. The van der Waals surface area contributed by atoms with E-state index in [9.17, 15) is 14.4 Å². The topological polar surface area (TPSA) is 95.9 Å². The van der Waals surface area contributed by atoms with E-state index < -0.39 is 24.0 Å². The smallest absolute Gasteiger partial charge is 0.337 e. The lowest BCUT2D eigenvalue weighted by Crippen LogP contribution is -2.48. The number of hydrogen-bond acceptors (Lipinski definition) is 4. The summed E-state index contributed by atoms with van der Waals surface area (Å²) in [6.07, 6.45) is 0. The molecule has 2 aromatic rings. The Bertz CT molecular complexity index is 984. The molecule has 1 heterocycles. The Morgan fingerprint density at radius 2 is 1.79 bits per heavy atom. The van der Waals surface area contributed by atoms with Crippen molar-refractivity contribution >= 4 is 35.3 Å². The third-order valence-corrected chi connectivity index (χ3v) is 4.82. The standard InChI is InChI=1S/C20H17ClN2O5/c1-11-16(19(26)28-2)17(14-5-3-4-6-15(14)21)22-20(27)23(11)13-9-7-12(8-10-13)18(24)25/h3-10,17H,1-2H3,(H,22,27)(H,24,25)/t17-/m1/s1. The maximum absolute atomic E-state index is 12.8. The molecule has 2 N–H and O–H groups in total. The molecule has 0 aliphatic carbocycles. The van der Waals surface area contributed by atoms with Crippen LogP contribution in [0.15, 0.2) is 59.8 Å². The zero-order valence-electron chi connectivity index (χ0n) is 15.1. The molecule has 7 nitrogen and oxygen atoms in total. The second kappa shape index (κ2) is 7.74. The van der Waals surface area contributed by atoms with E-state index in [0.29, 0.717) is 22.0 Å². The number of esters is 1. The van der Waals surface area contributed by atoms with Gasteiger partial charge in [-0.25, -0.2) is 14.4 Å². The molecule has 0 radical (unpaired) electrons. The van der Waals surface area contributed by atoms with E-state index in [-0.39, 0.29) is 11.1 Å². The third kappa shape index (κ3) is 3.44. The van der Waals surface area contributed by atoms with Gasteiger partial charge >= 0.3 is 18.0 Å². The van der Waals surface area contributed by atoms with Crippen LogP contribution in [0.5, 0.6) is 0 Å². The molecule has 0 aromatic heterocycles. The van der Waals surface area contributed by atoms with Crippen molar-refractivity contribution in [3.05, 3.63) is 76.0 Å². The first kappa shape index (κ1) is 19.4. The van der Waals surface area contributed by atoms with E-state index in [2.05, 4.69) is 5.32 Å². The first-order valence-corrected chi connectivity index (χ1v) is 8.70. The Balaban J connectivity index is 2.12. The summed E-state index contributed by atoms with van der Waals surface area (Å²) in [6, 6.07) is 11.4. The lowest BCUT2D eigenvalue weighted by Gasteiger charge is -2.35. The van der Waals surface area contributed by atoms with Gasteiger partial charge in [0.1, 0.15) is 0 Å². The van der Waals surface area contributed by atoms with Crippen LogP contribution in [0.2, 0.25) is 5.02 Å². The Morgan fingerprint density at radius 3 is 2.36 bits per heavy atom. The number of amides is 2. The molecule has 0 saturated carbocycles. The molecule has 0 spiro atoms. The highest BCUT2D eigenvalue weighted by atomic mass is 35.5. The van der Waals surface area contributed by atoms with Crippen molar-refractivity contribution in [1.29, 1.82) is 0 Å². The van der Waals surface area contributed by atoms with E-state index in [4.69, 9.17) is 21.4 Å². The number of carboxylic acids is 1. The van der Waals surface area contributed by atoms with Crippen LogP contribution < -0.4 is 10.2 Å². The number of aromatic carboxylic acids is 1. The fraction of sp³-hybridized carbons (Fsp3) is 0.150. The van der Waals surface area contributed by atoms with Crippen LogP contribution in [0, 0.1) is 0 Å². The number of urea groups is 1. The van der Waals surface area contributed by atoms with Crippen molar-refractivity contribution in [3.8, 4) is 0 Å². The number of nitrogens with one attached hydrogen (secondary N) is 1. The number of ether oxygens (including phenoxy) is 1. The molecule has 0 saturated heterocycles. The van der Waals surface area contributed by atoms with Gasteiger partial charge < -0.3 is 15.2 Å². The molecule has 0 bridgehead atoms. The summed E-state index contributed by atoms with van der Waals surface area (Å²) >= 11 is 6.27. The first-order chi connectivity index (χ1) is 13.3. The number of hydrogen-bond donors (Lipinski definition) is 2. The second-order valence-corrected chi connectivity index (χ2v) is 6.49. The summed E-state index contributed by atoms with van der Waals surface area (Å²) < 4.78 is 4.93. The summed E-state index contributed by atoms with van der Waals surface area (Å²) in [5.74, 6) is -1.68. The summed E-state index contributed by atoms with van der Waals surface area (Å²) in [6.45, 7) is 1.62. The van der Waals surface area contributed by atoms with Crippen molar-refractivity contribution in [1.82, 2.24) is 5.32 Å². The van der Waals surface area contributed by atoms with E-state index >= 15 is 0 Å². The van der Waals surface area contributed by atoms with Gasteiger partial charge in [-0.2, -0.15) is 0 Å². The molecule has 144 valence electrons. The minimum atomic E-state index is -1.07. The summed E-state index contributed by atoms with van der Waals surface area (Å²) in [5, 5.41) is 12.2. The molecule has 3 rings (SSSR count). The zero-order valence-corrected chi connectivity index (χ0v) is 15.9. The Morgan fingerprint density at radius 1 is 1.14 bits per heavy atom. The monoisotopic (exact) mass is 400 g/mol. The van der Waals surface area contributed by atoms with E-state index in [1.54, 1.807) is 31.2 Å². The normalized spacial score (nSPS) is 16.6. The van der Waals surface area contributed by atoms with Crippen LogP contribution in [0.25, 0.3) is 0 Å². The van der Waals surface area contributed by atoms with Crippen molar-refractivity contribution in [2.45, 2.75) is 13.0 Å². The third-order valence-electron chi connectivity index (χ3n) is 4.48. The largest absolute Gasteiger partial charge is 0.478 e. The van der Waals surface area contributed by atoms with Crippen LogP contribution >= 0.6 is 11.6 Å². The second-order valence-electron chi connectivity index (χ2n) is 6.08. The molecule has 1 aliphatic heterocycles. The van der Waals surface area contributed by atoms with Gasteiger partial charge in [0.15, 0.2) is 0 Å². The number of carbonyl (C=O) groups excluding carboxylic acids is 2. The molecule has 2 aromatic carbocycles. The van der Waals surface area contributed by atoms with Crippen molar-refractivity contribution in [3.63, 3.8) is 0 Å².